The van der Waals surface area contributed by atoms with E-state index in [1.165, 1.54) is 0 Å². The molecule has 0 bridgehead atoms. The van der Waals surface area contributed by atoms with Crippen molar-refractivity contribution in [3.05, 3.63) is 66.2 Å². The van der Waals surface area contributed by atoms with Crippen molar-refractivity contribution < 1.29 is 9.47 Å². The second-order valence-corrected chi connectivity index (χ2v) is 8.05. The molecule has 1 aromatic heterocycles. The van der Waals surface area contributed by atoms with Crippen molar-refractivity contribution in [2.75, 3.05) is 13.7 Å². The van der Waals surface area contributed by atoms with Crippen molar-refractivity contribution in [2.24, 2.45) is 5.10 Å². The van der Waals surface area contributed by atoms with Crippen molar-refractivity contribution in [3.63, 3.8) is 0 Å². The smallest absolute Gasteiger partial charge is 0.213 e. The molecule has 7 heteroatoms. The van der Waals surface area contributed by atoms with Gasteiger partial charge in [-0.15, -0.1) is 10.2 Å². The van der Waals surface area contributed by atoms with Crippen LogP contribution in [0.5, 0.6) is 11.5 Å². The summed E-state index contributed by atoms with van der Waals surface area (Å²) in [5, 5.41) is 16.9. The first-order valence-corrected chi connectivity index (χ1v) is 10.2. The summed E-state index contributed by atoms with van der Waals surface area (Å²) in [6.45, 7) is 0.557. The third kappa shape index (κ3) is 2.47. The highest BCUT2D eigenvalue weighted by Crippen LogP contribution is 2.41. The third-order valence-electron chi connectivity index (χ3n) is 5.25. The lowest BCUT2D eigenvalue weighted by atomic mass is 9.98. The summed E-state index contributed by atoms with van der Waals surface area (Å²) in [7, 11) is 1.66. The number of para-hydroxylation sites is 1. The molecule has 3 aromatic carbocycles. The molecule has 6 rings (SSSR count). The molecule has 0 saturated heterocycles. The number of nitrogens with zero attached hydrogens (tertiary/aromatic N) is 4. The number of fused-ring (bicyclic) bond motifs is 6. The summed E-state index contributed by atoms with van der Waals surface area (Å²) in [5.41, 5.74) is 2.88. The molecule has 2 aliphatic rings. The van der Waals surface area contributed by atoms with Gasteiger partial charge in [0.05, 0.1) is 23.6 Å². The molecule has 2 aliphatic heterocycles. The monoisotopic (exact) mass is 400 g/mol. The first-order valence-electron chi connectivity index (χ1n) is 9.33. The summed E-state index contributed by atoms with van der Waals surface area (Å²) in [6.07, 6.45) is 0. The molecule has 6 nitrogen and oxygen atoms in total. The summed E-state index contributed by atoms with van der Waals surface area (Å²) in [4.78, 5) is 0. The quantitative estimate of drug-likeness (QED) is 0.504. The standard InChI is InChI=1S/C22H16N4O2S/c1-27-17-9-5-4-8-15(17)21-23-24-22-26(21)25-19-16-11-10-13-6-2-3-7-14(13)20(16)28-12-18(19)29-22/h2-11,18H,12H2,1H3. The summed E-state index contributed by atoms with van der Waals surface area (Å²) < 4.78 is 13.5. The van der Waals surface area contributed by atoms with E-state index in [4.69, 9.17) is 14.6 Å². The normalized spacial score (nSPS) is 17.0. The molecule has 4 aromatic rings. The van der Waals surface area contributed by atoms with E-state index in [0.717, 1.165) is 44.3 Å². The summed E-state index contributed by atoms with van der Waals surface area (Å²) in [5.74, 6) is 2.31. The Bertz CT molecular complexity index is 1300. The van der Waals surface area contributed by atoms with Gasteiger partial charge in [0.15, 0.2) is 5.82 Å². The van der Waals surface area contributed by atoms with E-state index < -0.39 is 0 Å². The predicted octanol–water partition coefficient (Wildman–Crippen LogP) is 4.23. The molecule has 29 heavy (non-hydrogen) atoms. The number of hydrogen-bond donors (Lipinski definition) is 0. The highest BCUT2D eigenvalue weighted by Gasteiger charge is 2.35. The largest absolute Gasteiger partial charge is 0.496 e. The van der Waals surface area contributed by atoms with Gasteiger partial charge in [-0.05, 0) is 23.6 Å². The van der Waals surface area contributed by atoms with Crippen LogP contribution in [0, 0.1) is 0 Å². The van der Waals surface area contributed by atoms with E-state index in [-0.39, 0.29) is 5.25 Å². The average Bonchev–Trinajstić information content (AvgIpc) is 3.19. The Balaban J connectivity index is 1.55. The van der Waals surface area contributed by atoms with E-state index >= 15 is 0 Å². The lowest BCUT2D eigenvalue weighted by Crippen LogP contribution is -2.34. The maximum atomic E-state index is 6.17. The van der Waals surface area contributed by atoms with Crippen LogP contribution in [0.1, 0.15) is 5.56 Å². The first kappa shape index (κ1) is 16.6. The van der Waals surface area contributed by atoms with Crippen LogP contribution in [-0.4, -0.2) is 39.6 Å². The van der Waals surface area contributed by atoms with Gasteiger partial charge >= 0.3 is 0 Å². The van der Waals surface area contributed by atoms with Crippen molar-refractivity contribution in [3.8, 4) is 22.9 Å². The maximum Gasteiger partial charge on any atom is 0.213 e. The van der Waals surface area contributed by atoms with Crippen molar-refractivity contribution in [1.29, 1.82) is 0 Å². The Kier molecular flexibility index (Phi) is 3.64. The SMILES string of the molecule is COc1ccccc1-c1nnc2n1N=C1c3ccc4ccccc4c3OCC1S2. The summed E-state index contributed by atoms with van der Waals surface area (Å²) in [6, 6.07) is 20.3. The fourth-order valence-corrected chi connectivity index (χ4v) is 4.87. The van der Waals surface area contributed by atoms with Gasteiger partial charge in [0.2, 0.25) is 5.16 Å². The Labute approximate surface area is 171 Å². The number of ether oxygens (including phenoxy) is 2. The van der Waals surface area contributed by atoms with Crippen LogP contribution in [0.15, 0.2) is 70.9 Å². The Morgan fingerprint density at radius 1 is 1.00 bits per heavy atom. The number of thioether (sulfide) groups is 1. The molecule has 0 N–H and O–H groups in total. The molecule has 1 atom stereocenters. The minimum Gasteiger partial charge on any atom is -0.496 e. The number of methoxy groups -OCH3 is 1. The molecule has 1 unspecified atom stereocenters. The van der Waals surface area contributed by atoms with E-state index in [9.17, 15) is 0 Å². The first-order chi connectivity index (χ1) is 14.3. The minimum absolute atomic E-state index is 0.0888. The molecular formula is C22H16N4O2S. The van der Waals surface area contributed by atoms with Crippen LogP contribution in [0.25, 0.3) is 22.2 Å². The second-order valence-electron chi connectivity index (χ2n) is 6.88. The molecule has 0 radical (unpaired) electrons. The molecule has 0 fully saturated rings. The van der Waals surface area contributed by atoms with Crippen LogP contribution < -0.4 is 9.47 Å². The van der Waals surface area contributed by atoms with E-state index in [0.29, 0.717) is 12.4 Å². The molecular weight excluding hydrogens is 384 g/mol. The lowest BCUT2D eigenvalue weighted by Gasteiger charge is -2.29. The summed E-state index contributed by atoms with van der Waals surface area (Å²) >= 11 is 1.63. The molecule has 0 aliphatic carbocycles. The zero-order chi connectivity index (χ0) is 19.4. The third-order valence-corrected chi connectivity index (χ3v) is 6.36. The van der Waals surface area contributed by atoms with E-state index in [1.54, 1.807) is 18.9 Å². The van der Waals surface area contributed by atoms with Crippen LogP contribution in [0.3, 0.4) is 0 Å². The van der Waals surface area contributed by atoms with Crippen molar-refractivity contribution >= 4 is 28.2 Å². The van der Waals surface area contributed by atoms with Gasteiger partial charge in [-0.1, -0.05) is 54.2 Å². The predicted molar refractivity (Wildman–Crippen MR) is 113 cm³/mol. The number of aromatic nitrogens is 3. The highest BCUT2D eigenvalue weighted by molar-refractivity contribution is 8.00. The second kappa shape index (κ2) is 6.35. The van der Waals surface area contributed by atoms with Crippen LogP contribution in [0.4, 0.5) is 0 Å². The van der Waals surface area contributed by atoms with Gasteiger partial charge in [-0.2, -0.15) is 9.78 Å². The van der Waals surface area contributed by atoms with Gasteiger partial charge in [0.25, 0.3) is 0 Å². The van der Waals surface area contributed by atoms with Crippen LogP contribution >= 0.6 is 11.8 Å². The highest BCUT2D eigenvalue weighted by atomic mass is 32.2. The molecule has 142 valence electrons. The number of hydrogen-bond acceptors (Lipinski definition) is 6. The average molecular weight is 400 g/mol. The van der Waals surface area contributed by atoms with Gasteiger partial charge in [0, 0.05) is 10.9 Å². The minimum atomic E-state index is 0.0888. The fourth-order valence-electron chi connectivity index (χ4n) is 3.88. The molecule has 3 heterocycles. The molecule has 0 amide bonds. The van der Waals surface area contributed by atoms with Crippen LogP contribution in [-0.2, 0) is 0 Å². The molecule has 0 spiro atoms. The van der Waals surface area contributed by atoms with Crippen LogP contribution in [0.2, 0.25) is 0 Å². The zero-order valence-corrected chi connectivity index (χ0v) is 16.4. The van der Waals surface area contributed by atoms with Crippen molar-refractivity contribution in [1.82, 2.24) is 14.9 Å². The molecule has 0 saturated carbocycles. The van der Waals surface area contributed by atoms with Gasteiger partial charge in [-0.25, -0.2) is 0 Å². The maximum absolute atomic E-state index is 6.17. The number of benzene rings is 3. The Hall–Kier alpha value is -3.32. The zero-order valence-electron chi connectivity index (χ0n) is 15.6. The van der Waals surface area contributed by atoms with E-state index in [1.807, 2.05) is 41.1 Å². The van der Waals surface area contributed by atoms with Gasteiger partial charge < -0.3 is 9.47 Å². The number of rotatable bonds is 2. The lowest BCUT2D eigenvalue weighted by molar-refractivity contribution is 0.327. The Morgan fingerprint density at radius 3 is 2.79 bits per heavy atom. The topological polar surface area (TPSA) is 61.5 Å². The van der Waals surface area contributed by atoms with Gasteiger partial charge in [-0.3, -0.25) is 0 Å². The fraction of sp³-hybridized carbons (Fsp3) is 0.136. The van der Waals surface area contributed by atoms with E-state index in [2.05, 4.69) is 34.5 Å². The van der Waals surface area contributed by atoms with Gasteiger partial charge in [0.1, 0.15) is 18.1 Å². The Morgan fingerprint density at radius 2 is 1.86 bits per heavy atom. The van der Waals surface area contributed by atoms with Crippen molar-refractivity contribution in [2.45, 2.75) is 10.4 Å².